The number of benzene rings is 1. The number of carbonyl (C=O) groups is 1. The van der Waals surface area contributed by atoms with Gasteiger partial charge in [0.1, 0.15) is 11.4 Å². The number of sulfonamides is 1. The summed E-state index contributed by atoms with van der Waals surface area (Å²) in [5.74, 6) is 0.126. The molecule has 2 heterocycles. The van der Waals surface area contributed by atoms with E-state index in [1.54, 1.807) is 34.2 Å². The van der Waals surface area contributed by atoms with Crippen LogP contribution in [0.5, 0.6) is 5.75 Å². The van der Waals surface area contributed by atoms with Crippen molar-refractivity contribution in [3.05, 3.63) is 40.7 Å². The van der Waals surface area contributed by atoms with Crippen LogP contribution in [0.1, 0.15) is 61.4 Å². The Balaban J connectivity index is 1.95. The maximum absolute atomic E-state index is 13.4. The van der Waals surface area contributed by atoms with Gasteiger partial charge in [-0.1, -0.05) is 13.3 Å². The lowest BCUT2D eigenvalue weighted by molar-refractivity contribution is 0.0990. The molecule has 0 aliphatic carbocycles. The van der Waals surface area contributed by atoms with Gasteiger partial charge in [-0.2, -0.15) is 9.40 Å². The third-order valence-electron chi connectivity index (χ3n) is 6.09. The van der Waals surface area contributed by atoms with Crippen molar-refractivity contribution in [2.75, 3.05) is 19.7 Å². The minimum absolute atomic E-state index is 0.0791. The maximum atomic E-state index is 13.4. The quantitative estimate of drug-likeness (QED) is 0.525. The molecule has 10 heteroatoms. The standard InChI is InChI=1S/C24H37N5O4S/c1-6-8-21-20(23(24(25)30)28(5)27-21)11-9-18-13-19(10-12-22(18)33-7-2)34(31,32)29-14-16(3)26-17(4)15-29/h10,12-13,16-17,26H,6-9,11,14-15H2,1-5H3,(H2,25,30)/t16-,17+. The predicted molar refractivity (Wildman–Crippen MR) is 132 cm³/mol. The zero-order valence-corrected chi connectivity index (χ0v) is 21.6. The molecular weight excluding hydrogens is 454 g/mol. The average molecular weight is 492 g/mol. The lowest BCUT2D eigenvalue weighted by Gasteiger charge is -2.35. The molecule has 2 atom stereocenters. The van der Waals surface area contributed by atoms with Crippen molar-refractivity contribution in [3.63, 3.8) is 0 Å². The molecule has 0 radical (unpaired) electrons. The molecule has 34 heavy (non-hydrogen) atoms. The summed E-state index contributed by atoms with van der Waals surface area (Å²) in [7, 11) is -1.93. The first kappa shape index (κ1) is 26.2. The number of hydrogen-bond donors (Lipinski definition) is 2. The fourth-order valence-corrected chi connectivity index (χ4v) is 6.39. The van der Waals surface area contributed by atoms with Gasteiger partial charge in [0.15, 0.2) is 0 Å². The van der Waals surface area contributed by atoms with Gasteiger partial charge in [0.05, 0.1) is 17.2 Å². The molecule has 0 saturated carbocycles. The fourth-order valence-electron chi connectivity index (χ4n) is 4.72. The van der Waals surface area contributed by atoms with Crippen LogP contribution in [-0.2, 0) is 36.3 Å². The number of primary amides is 1. The van der Waals surface area contributed by atoms with Gasteiger partial charge in [-0.3, -0.25) is 9.48 Å². The number of piperazine rings is 1. The number of ether oxygens (including phenoxy) is 1. The zero-order valence-electron chi connectivity index (χ0n) is 20.8. The van der Waals surface area contributed by atoms with Crippen LogP contribution in [0.15, 0.2) is 23.1 Å². The molecule has 1 saturated heterocycles. The Hall–Kier alpha value is -2.43. The molecule has 1 fully saturated rings. The molecule has 1 amide bonds. The van der Waals surface area contributed by atoms with Crippen LogP contribution in [0.3, 0.4) is 0 Å². The van der Waals surface area contributed by atoms with Gasteiger partial charge in [0.2, 0.25) is 10.0 Å². The zero-order chi connectivity index (χ0) is 25.0. The summed E-state index contributed by atoms with van der Waals surface area (Å²) in [6, 6.07) is 5.21. The highest BCUT2D eigenvalue weighted by Crippen LogP contribution is 2.28. The number of amides is 1. The molecule has 9 nitrogen and oxygen atoms in total. The van der Waals surface area contributed by atoms with Crippen LogP contribution in [0.2, 0.25) is 0 Å². The first-order valence-electron chi connectivity index (χ1n) is 11.9. The monoisotopic (exact) mass is 491 g/mol. The molecule has 1 aromatic carbocycles. The molecule has 1 aromatic heterocycles. The molecule has 0 bridgehead atoms. The molecule has 1 aliphatic heterocycles. The summed E-state index contributed by atoms with van der Waals surface area (Å²) < 4.78 is 35.8. The van der Waals surface area contributed by atoms with Crippen molar-refractivity contribution in [2.45, 2.75) is 70.4 Å². The first-order chi connectivity index (χ1) is 16.1. The van der Waals surface area contributed by atoms with E-state index in [0.717, 1.165) is 29.7 Å². The second kappa shape index (κ2) is 10.9. The number of aromatic nitrogens is 2. The van der Waals surface area contributed by atoms with E-state index in [2.05, 4.69) is 17.3 Å². The molecule has 0 spiro atoms. The second-order valence-corrected chi connectivity index (χ2v) is 10.9. The minimum atomic E-state index is -3.65. The summed E-state index contributed by atoms with van der Waals surface area (Å²) in [5.41, 5.74) is 8.49. The van der Waals surface area contributed by atoms with Crippen LogP contribution in [0.4, 0.5) is 0 Å². The number of rotatable bonds is 10. The Morgan fingerprint density at radius 2 is 1.85 bits per heavy atom. The lowest BCUT2D eigenvalue weighted by Crippen LogP contribution is -2.55. The Bertz CT molecular complexity index is 1120. The molecule has 3 N–H and O–H groups in total. The van der Waals surface area contributed by atoms with Crippen LogP contribution in [-0.4, -0.2) is 60.2 Å². The SMILES string of the molecule is CCCc1nn(C)c(C(N)=O)c1CCc1cc(S(=O)(=O)N2C[C@@H](C)N[C@@H](C)C2)ccc1OCC. The van der Waals surface area contributed by atoms with E-state index in [4.69, 9.17) is 10.5 Å². The van der Waals surface area contributed by atoms with Gasteiger partial charge < -0.3 is 15.8 Å². The largest absolute Gasteiger partial charge is 0.494 e. The fraction of sp³-hybridized carbons (Fsp3) is 0.583. The van der Waals surface area contributed by atoms with Crippen molar-refractivity contribution >= 4 is 15.9 Å². The van der Waals surface area contributed by atoms with Crippen molar-refractivity contribution < 1.29 is 17.9 Å². The summed E-state index contributed by atoms with van der Waals surface area (Å²) >= 11 is 0. The van der Waals surface area contributed by atoms with Gasteiger partial charge in [-0.15, -0.1) is 0 Å². The number of nitrogens with two attached hydrogens (primary N) is 1. The predicted octanol–water partition coefficient (Wildman–Crippen LogP) is 2.03. The number of hydrogen-bond acceptors (Lipinski definition) is 6. The number of nitrogens with zero attached hydrogens (tertiary/aromatic N) is 3. The van der Waals surface area contributed by atoms with E-state index in [0.29, 0.717) is 44.0 Å². The van der Waals surface area contributed by atoms with E-state index in [1.165, 1.54) is 0 Å². The maximum Gasteiger partial charge on any atom is 0.267 e. The van der Waals surface area contributed by atoms with E-state index in [9.17, 15) is 13.2 Å². The van der Waals surface area contributed by atoms with E-state index in [-0.39, 0.29) is 17.0 Å². The molecule has 188 valence electrons. The van der Waals surface area contributed by atoms with Crippen molar-refractivity contribution in [3.8, 4) is 5.75 Å². The Morgan fingerprint density at radius 3 is 2.44 bits per heavy atom. The second-order valence-electron chi connectivity index (χ2n) is 9.01. The van der Waals surface area contributed by atoms with E-state index < -0.39 is 15.9 Å². The van der Waals surface area contributed by atoms with Gasteiger partial charge in [-0.25, -0.2) is 8.42 Å². The average Bonchev–Trinajstić information content (AvgIpc) is 3.07. The van der Waals surface area contributed by atoms with E-state index in [1.807, 2.05) is 20.8 Å². The first-order valence-corrected chi connectivity index (χ1v) is 13.4. The van der Waals surface area contributed by atoms with Crippen molar-refractivity contribution in [2.24, 2.45) is 12.8 Å². The van der Waals surface area contributed by atoms with E-state index >= 15 is 0 Å². The number of nitrogens with one attached hydrogen (secondary N) is 1. The van der Waals surface area contributed by atoms with Gasteiger partial charge >= 0.3 is 0 Å². The van der Waals surface area contributed by atoms with Gasteiger partial charge in [-0.05, 0) is 63.8 Å². The highest BCUT2D eigenvalue weighted by atomic mass is 32.2. The smallest absolute Gasteiger partial charge is 0.267 e. The normalized spacial score (nSPS) is 19.3. The van der Waals surface area contributed by atoms with Crippen molar-refractivity contribution in [1.29, 1.82) is 0 Å². The molecular formula is C24H37N5O4S. The third-order valence-corrected chi connectivity index (χ3v) is 7.91. The number of aryl methyl sites for hydroxylation is 3. The number of carbonyl (C=O) groups excluding carboxylic acids is 1. The van der Waals surface area contributed by atoms with Crippen LogP contribution >= 0.6 is 0 Å². The molecule has 0 unspecified atom stereocenters. The van der Waals surface area contributed by atoms with Crippen LogP contribution in [0.25, 0.3) is 0 Å². The summed E-state index contributed by atoms with van der Waals surface area (Å²) in [6.07, 6.45) is 2.63. The summed E-state index contributed by atoms with van der Waals surface area (Å²) in [6.45, 7) is 9.23. The molecule has 1 aliphatic rings. The van der Waals surface area contributed by atoms with Crippen molar-refractivity contribution in [1.82, 2.24) is 19.4 Å². The summed E-state index contributed by atoms with van der Waals surface area (Å²) in [5, 5.41) is 7.87. The van der Waals surface area contributed by atoms with Gasteiger partial charge in [0, 0.05) is 37.8 Å². The van der Waals surface area contributed by atoms with Crippen LogP contribution < -0.4 is 15.8 Å². The Morgan fingerprint density at radius 1 is 1.18 bits per heavy atom. The Kier molecular flexibility index (Phi) is 8.38. The summed E-state index contributed by atoms with van der Waals surface area (Å²) in [4.78, 5) is 12.4. The minimum Gasteiger partial charge on any atom is -0.494 e. The molecule has 2 aromatic rings. The van der Waals surface area contributed by atoms with Gasteiger partial charge in [0.25, 0.3) is 5.91 Å². The topological polar surface area (TPSA) is 120 Å². The third kappa shape index (κ3) is 5.61. The highest BCUT2D eigenvalue weighted by molar-refractivity contribution is 7.89. The van der Waals surface area contributed by atoms with Crippen LogP contribution in [0, 0.1) is 0 Å². The Labute approximate surface area is 202 Å². The lowest BCUT2D eigenvalue weighted by atomic mass is 9.99. The molecule has 3 rings (SSSR count). The highest BCUT2D eigenvalue weighted by Gasteiger charge is 2.32.